The van der Waals surface area contributed by atoms with Crippen molar-refractivity contribution in [3.63, 3.8) is 0 Å². The highest BCUT2D eigenvalue weighted by atomic mass is 32.1. The SMILES string of the molecule is NC1(CCc2ccsc2)CCCCc2ccccc21. The third-order valence-corrected chi connectivity index (χ3v) is 5.04. The first-order valence-corrected chi connectivity index (χ1v) is 8.11. The van der Waals surface area contributed by atoms with Crippen molar-refractivity contribution in [3.8, 4) is 0 Å². The van der Waals surface area contributed by atoms with Crippen molar-refractivity contribution in [2.24, 2.45) is 5.73 Å². The molecule has 1 aliphatic rings. The molecule has 3 rings (SSSR count). The minimum absolute atomic E-state index is 0.130. The third-order valence-electron chi connectivity index (χ3n) is 4.31. The lowest BCUT2D eigenvalue weighted by molar-refractivity contribution is 0.372. The molecule has 1 unspecified atom stereocenters. The zero-order valence-corrected chi connectivity index (χ0v) is 12.1. The molecule has 0 saturated carbocycles. The molecule has 0 bridgehead atoms. The van der Waals surface area contributed by atoms with E-state index in [1.54, 1.807) is 11.3 Å². The van der Waals surface area contributed by atoms with Crippen LogP contribution in [0.1, 0.15) is 42.4 Å². The Morgan fingerprint density at radius 1 is 1.16 bits per heavy atom. The molecule has 2 aromatic rings. The largest absolute Gasteiger partial charge is 0.321 e. The molecule has 0 amide bonds. The van der Waals surface area contributed by atoms with Crippen LogP contribution in [0.25, 0.3) is 0 Å². The quantitative estimate of drug-likeness (QED) is 0.829. The Morgan fingerprint density at radius 2 is 2.05 bits per heavy atom. The molecule has 2 heteroatoms. The summed E-state index contributed by atoms with van der Waals surface area (Å²) in [7, 11) is 0. The Hall–Kier alpha value is -1.12. The van der Waals surface area contributed by atoms with E-state index < -0.39 is 0 Å². The number of hydrogen-bond acceptors (Lipinski definition) is 2. The van der Waals surface area contributed by atoms with E-state index in [-0.39, 0.29) is 5.54 Å². The summed E-state index contributed by atoms with van der Waals surface area (Å²) in [6, 6.07) is 11.0. The van der Waals surface area contributed by atoms with Crippen molar-refractivity contribution < 1.29 is 0 Å². The van der Waals surface area contributed by atoms with E-state index in [1.165, 1.54) is 36.0 Å². The second-order valence-corrected chi connectivity index (χ2v) is 6.43. The Bertz CT molecular complexity index is 532. The zero-order chi connectivity index (χ0) is 13.1. The number of benzene rings is 1. The lowest BCUT2D eigenvalue weighted by Crippen LogP contribution is -2.37. The van der Waals surface area contributed by atoms with Crippen LogP contribution >= 0.6 is 11.3 Å². The van der Waals surface area contributed by atoms with Crippen LogP contribution in [0, 0.1) is 0 Å². The average Bonchev–Trinajstić information content (AvgIpc) is 2.89. The van der Waals surface area contributed by atoms with Gasteiger partial charge in [0.25, 0.3) is 0 Å². The van der Waals surface area contributed by atoms with Crippen LogP contribution in [-0.4, -0.2) is 0 Å². The third kappa shape index (κ3) is 2.75. The van der Waals surface area contributed by atoms with Gasteiger partial charge in [-0.3, -0.25) is 0 Å². The molecular formula is C17H21NS. The fourth-order valence-electron chi connectivity index (χ4n) is 3.18. The van der Waals surface area contributed by atoms with Crippen LogP contribution in [0.15, 0.2) is 41.1 Å². The molecule has 0 radical (unpaired) electrons. The number of rotatable bonds is 3. The second-order valence-electron chi connectivity index (χ2n) is 5.65. The van der Waals surface area contributed by atoms with Crippen molar-refractivity contribution >= 4 is 11.3 Å². The standard InChI is InChI=1S/C17H21NS/c18-17(11-8-14-9-12-19-13-14)10-4-3-6-15-5-1-2-7-16(15)17/h1-2,5,7,9,12-13H,3-4,6,8,10-11,18H2. The summed E-state index contributed by atoms with van der Waals surface area (Å²) in [6.07, 6.45) is 6.97. The molecule has 0 spiro atoms. The molecule has 1 heterocycles. The average molecular weight is 271 g/mol. The number of hydrogen-bond donors (Lipinski definition) is 1. The number of aryl methyl sites for hydroxylation is 2. The molecule has 1 atom stereocenters. The Labute approximate surface area is 119 Å². The van der Waals surface area contributed by atoms with Crippen LogP contribution in [0.5, 0.6) is 0 Å². The van der Waals surface area contributed by atoms with Crippen LogP contribution in [0.4, 0.5) is 0 Å². The molecule has 0 aliphatic heterocycles. The van der Waals surface area contributed by atoms with Crippen molar-refractivity contribution in [3.05, 3.63) is 57.8 Å². The first-order chi connectivity index (χ1) is 9.28. The maximum atomic E-state index is 6.79. The predicted molar refractivity (Wildman–Crippen MR) is 82.5 cm³/mol. The summed E-state index contributed by atoms with van der Waals surface area (Å²) in [5, 5.41) is 4.39. The van der Waals surface area contributed by atoms with Crippen LogP contribution in [0.2, 0.25) is 0 Å². The van der Waals surface area contributed by atoms with Crippen LogP contribution < -0.4 is 5.73 Å². The van der Waals surface area contributed by atoms with E-state index in [0.29, 0.717) is 0 Å². The highest BCUT2D eigenvalue weighted by Gasteiger charge is 2.30. The zero-order valence-electron chi connectivity index (χ0n) is 11.3. The maximum absolute atomic E-state index is 6.79. The predicted octanol–water partition coefficient (Wildman–Crippen LogP) is 4.26. The Kier molecular flexibility index (Phi) is 3.72. The first-order valence-electron chi connectivity index (χ1n) is 7.16. The van der Waals surface area contributed by atoms with Gasteiger partial charge in [-0.05, 0) is 65.6 Å². The molecule has 100 valence electrons. The summed E-state index contributed by atoms with van der Waals surface area (Å²) in [4.78, 5) is 0. The molecule has 1 aromatic heterocycles. The van der Waals surface area contributed by atoms with Gasteiger partial charge >= 0.3 is 0 Å². The smallest absolute Gasteiger partial charge is 0.0415 e. The highest BCUT2D eigenvalue weighted by molar-refractivity contribution is 7.07. The van der Waals surface area contributed by atoms with E-state index >= 15 is 0 Å². The van der Waals surface area contributed by atoms with Gasteiger partial charge in [0, 0.05) is 5.54 Å². The Balaban J connectivity index is 1.85. The van der Waals surface area contributed by atoms with Crippen molar-refractivity contribution in [2.75, 3.05) is 0 Å². The van der Waals surface area contributed by atoms with Gasteiger partial charge in [0.15, 0.2) is 0 Å². The monoisotopic (exact) mass is 271 g/mol. The van der Waals surface area contributed by atoms with E-state index in [9.17, 15) is 0 Å². The molecule has 0 saturated heterocycles. The molecule has 1 aromatic carbocycles. The number of thiophene rings is 1. The second kappa shape index (κ2) is 5.48. The number of nitrogens with two attached hydrogens (primary N) is 1. The van der Waals surface area contributed by atoms with Crippen molar-refractivity contribution in [2.45, 2.75) is 44.1 Å². The topological polar surface area (TPSA) is 26.0 Å². The number of fused-ring (bicyclic) bond motifs is 1. The molecule has 19 heavy (non-hydrogen) atoms. The minimum Gasteiger partial charge on any atom is -0.321 e. The molecule has 1 aliphatic carbocycles. The Morgan fingerprint density at radius 3 is 2.89 bits per heavy atom. The van der Waals surface area contributed by atoms with Gasteiger partial charge in [0.05, 0.1) is 0 Å². The molecule has 0 fully saturated rings. The van der Waals surface area contributed by atoms with E-state index in [4.69, 9.17) is 5.73 Å². The molecule has 2 N–H and O–H groups in total. The van der Waals surface area contributed by atoms with Crippen LogP contribution in [-0.2, 0) is 18.4 Å². The van der Waals surface area contributed by atoms with Gasteiger partial charge in [-0.15, -0.1) is 0 Å². The fraction of sp³-hybridized carbons (Fsp3) is 0.412. The van der Waals surface area contributed by atoms with Crippen molar-refractivity contribution in [1.29, 1.82) is 0 Å². The van der Waals surface area contributed by atoms with Gasteiger partial charge < -0.3 is 5.73 Å². The molecule has 1 nitrogen and oxygen atoms in total. The van der Waals surface area contributed by atoms with E-state index in [2.05, 4.69) is 41.1 Å². The maximum Gasteiger partial charge on any atom is 0.0415 e. The van der Waals surface area contributed by atoms with Gasteiger partial charge in [0.1, 0.15) is 0 Å². The van der Waals surface area contributed by atoms with E-state index in [0.717, 1.165) is 19.3 Å². The van der Waals surface area contributed by atoms with Gasteiger partial charge in [-0.2, -0.15) is 11.3 Å². The van der Waals surface area contributed by atoms with Gasteiger partial charge in [-0.25, -0.2) is 0 Å². The summed E-state index contributed by atoms with van der Waals surface area (Å²) in [5.74, 6) is 0. The van der Waals surface area contributed by atoms with Crippen molar-refractivity contribution in [1.82, 2.24) is 0 Å². The van der Waals surface area contributed by atoms with Gasteiger partial charge in [-0.1, -0.05) is 30.7 Å². The summed E-state index contributed by atoms with van der Waals surface area (Å²) < 4.78 is 0. The summed E-state index contributed by atoms with van der Waals surface area (Å²) >= 11 is 1.77. The van der Waals surface area contributed by atoms with Crippen LogP contribution in [0.3, 0.4) is 0 Å². The highest BCUT2D eigenvalue weighted by Crippen LogP contribution is 2.35. The first kappa shape index (κ1) is 12.9. The lowest BCUT2D eigenvalue weighted by Gasteiger charge is -2.30. The fourth-order valence-corrected chi connectivity index (χ4v) is 3.88. The van der Waals surface area contributed by atoms with Gasteiger partial charge in [0.2, 0.25) is 0 Å². The normalized spacial score (nSPS) is 22.8. The minimum atomic E-state index is -0.130. The lowest BCUT2D eigenvalue weighted by atomic mass is 9.81. The van der Waals surface area contributed by atoms with E-state index in [1.807, 2.05) is 0 Å². The summed E-state index contributed by atoms with van der Waals surface area (Å²) in [6.45, 7) is 0. The molecular weight excluding hydrogens is 250 g/mol. The summed E-state index contributed by atoms with van der Waals surface area (Å²) in [5.41, 5.74) is 10.9.